The molecule has 71 heavy (non-hydrogen) atoms. The summed E-state index contributed by atoms with van der Waals surface area (Å²) in [6.45, 7) is 7.21. The number of carbonyl (C=O) groups excluding carboxylic acids is 2. The first-order valence-corrected chi connectivity index (χ1v) is 23.9. The maximum Gasteiger partial charge on any atom is 0.414 e. The van der Waals surface area contributed by atoms with Gasteiger partial charge in [0.2, 0.25) is 23.0 Å². The Balaban J connectivity index is 0.000000164. The Morgan fingerprint density at radius 1 is 0.690 bits per heavy atom. The first-order valence-electron chi connectivity index (χ1n) is 23.9. The molecule has 11 heterocycles. The van der Waals surface area contributed by atoms with Crippen LogP contribution in [0.3, 0.4) is 0 Å². The van der Waals surface area contributed by atoms with E-state index in [9.17, 15) is 14.4 Å². The van der Waals surface area contributed by atoms with Crippen molar-refractivity contribution in [2.75, 3.05) is 24.7 Å². The van der Waals surface area contributed by atoms with E-state index in [0.717, 1.165) is 58.9 Å². The van der Waals surface area contributed by atoms with Crippen molar-refractivity contribution in [3.8, 4) is 33.5 Å². The third-order valence-electron chi connectivity index (χ3n) is 13.2. The minimum absolute atomic E-state index is 0.00426. The van der Waals surface area contributed by atoms with E-state index in [1.165, 1.54) is 6.20 Å². The fourth-order valence-electron chi connectivity index (χ4n) is 9.61. The highest BCUT2D eigenvalue weighted by Gasteiger charge is 2.38. The van der Waals surface area contributed by atoms with Gasteiger partial charge >= 0.3 is 11.8 Å². The van der Waals surface area contributed by atoms with E-state index in [-0.39, 0.29) is 48.1 Å². The molecule has 11 rings (SSSR count). The highest BCUT2D eigenvalue weighted by molar-refractivity contribution is 6.17. The Kier molecular flexibility index (Phi) is 12.9. The van der Waals surface area contributed by atoms with Crippen molar-refractivity contribution >= 4 is 50.9 Å². The van der Waals surface area contributed by atoms with Crippen molar-refractivity contribution in [2.24, 2.45) is 28.2 Å². The smallest absolute Gasteiger partial charge is 0.414 e. The summed E-state index contributed by atoms with van der Waals surface area (Å²) in [5.74, 6) is -0.371. The van der Waals surface area contributed by atoms with Gasteiger partial charge in [0.05, 0.1) is 59.9 Å². The third-order valence-corrected chi connectivity index (χ3v) is 13.2. The summed E-state index contributed by atoms with van der Waals surface area (Å²) in [6, 6.07) is 3.61. The predicted molar refractivity (Wildman–Crippen MR) is 262 cm³/mol. The topological polar surface area (TPSA) is 223 Å². The number of furan rings is 2. The molecular weight excluding hydrogens is 911 g/mol. The van der Waals surface area contributed by atoms with Gasteiger partial charge < -0.3 is 23.0 Å². The lowest BCUT2D eigenvalue weighted by atomic mass is 9.98. The Bertz CT molecular complexity index is 3460. The first kappa shape index (κ1) is 46.9. The van der Waals surface area contributed by atoms with Gasteiger partial charge in [-0.25, -0.2) is 19.6 Å². The molecule has 2 fully saturated rings. The second-order valence-electron chi connectivity index (χ2n) is 18.0. The largest absolute Gasteiger partial charge is 0.449 e. The highest BCUT2D eigenvalue weighted by Crippen LogP contribution is 2.41. The van der Waals surface area contributed by atoms with Crippen LogP contribution >= 0.6 is 0 Å². The number of nitrogens with zero attached hydrogens (tertiary/aromatic N) is 13. The van der Waals surface area contributed by atoms with Gasteiger partial charge in [-0.1, -0.05) is 13.8 Å². The Labute approximate surface area is 406 Å². The van der Waals surface area contributed by atoms with Gasteiger partial charge in [0.15, 0.2) is 5.58 Å². The van der Waals surface area contributed by atoms with Crippen LogP contribution in [0.4, 0.5) is 10.5 Å². The van der Waals surface area contributed by atoms with Crippen LogP contribution < -0.4 is 10.6 Å². The lowest BCUT2D eigenvalue weighted by Gasteiger charge is -2.36. The number of amides is 1. The van der Waals surface area contributed by atoms with Crippen LogP contribution in [0.1, 0.15) is 81.5 Å². The molecule has 21 nitrogen and oxygen atoms in total. The third kappa shape index (κ3) is 9.13. The molecule has 0 saturated carbocycles. The van der Waals surface area contributed by atoms with Crippen LogP contribution in [0, 0.1) is 0 Å². The summed E-state index contributed by atoms with van der Waals surface area (Å²) in [7, 11) is 7.27. The fourth-order valence-corrected chi connectivity index (χ4v) is 9.61. The number of pyridine rings is 2. The number of ketones is 1. The zero-order valence-corrected chi connectivity index (χ0v) is 40.7. The number of anilines is 1. The molecular formula is C50H55N13O8. The molecule has 0 aromatic carbocycles. The second kappa shape index (κ2) is 19.5. The van der Waals surface area contributed by atoms with Crippen LogP contribution in [0.2, 0.25) is 0 Å². The van der Waals surface area contributed by atoms with E-state index < -0.39 is 11.9 Å². The minimum Gasteiger partial charge on any atom is -0.449 e. The van der Waals surface area contributed by atoms with E-state index in [1.54, 1.807) is 79.3 Å². The summed E-state index contributed by atoms with van der Waals surface area (Å²) in [5, 5.41) is 18.2. The lowest BCUT2D eigenvalue weighted by Crippen LogP contribution is -2.46. The number of hydrogen-bond donors (Lipinski definition) is 0. The molecule has 1 amide bonds. The quantitative estimate of drug-likeness (QED) is 0.114. The number of aromatic nitrogens is 12. The second-order valence-corrected chi connectivity index (χ2v) is 18.0. The molecule has 0 unspecified atom stereocenters. The molecule has 0 aliphatic carbocycles. The number of ether oxygens (including phenoxy) is 3. The SMILES string of the molecule is CCOC(=O)N(c1c(C(=O)c2cnn(C)c2)oc2ncc(-c3cnn(C)c3)cc12)[C@H]1CCO[C@@H](CC)C1.CC[C@H]1C[C@@H](n2c(=O)nc(-c3cnn(C)c3)c3oc4ncc(-c5cnn(C)c5)cc4c32)CCO1. The van der Waals surface area contributed by atoms with Gasteiger partial charge in [-0.2, -0.15) is 25.4 Å². The number of fused-ring (bicyclic) bond motifs is 4. The predicted octanol–water partition coefficient (Wildman–Crippen LogP) is 7.58. The number of hydrogen-bond acceptors (Lipinski definition) is 15. The van der Waals surface area contributed by atoms with Crippen LogP contribution in [-0.4, -0.2) is 109 Å². The molecule has 0 spiro atoms. The van der Waals surface area contributed by atoms with Gasteiger partial charge in [0.25, 0.3) is 0 Å². The minimum atomic E-state index is -0.543. The van der Waals surface area contributed by atoms with Crippen molar-refractivity contribution in [2.45, 2.75) is 83.6 Å². The normalized spacial score (nSPS) is 18.2. The molecule has 21 heteroatoms. The van der Waals surface area contributed by atoms with Crippen molar-refractivity contribution in [3.63, 3.8) is 0 Å². The van der Waals surface area contributed by atoms with Gasteiger partial charge in [-0.3, -0.25) is 33.0 Å². The maximum atomic E-state index is 13.7. The molecule has 2 saturated heterocycles. The van der Waals surface area contributed by atoms with Gasteiger partial charge in [-0.15, -0.1) is 0 Å². The van der Waals surface area contributed by atoms with Gasteiger partial charge in [0, 0.05) is 118 Å². The zero-order chi connectivity index (χ0) is 49.5. The molecule has 9 aromatic rings. The molecule has 368 valence electrons. The molecule has 9 aromatic heterocycles. The molecule has 2 aliphatic rings. The highest BCUT2D eigenvalue weighted by atomic mass is 16.6. The van der Waals surface area contributed by atoms with Gasteiger partial charge in [-0.05, 0) is 57.6 Å². The van der Waals surface area contributed by atoms with E-state index in [2.05, 4.69) is 49.2 Å². The maximum absolute atomic E-state index is 13.7. The molecule has 0 N–H and O–H groups in total. The van der Waals surface area contributed by atoms with E-state index in [4.69, 9.17) is 23.0 Å². The Morgan fingerprint density at radius 2 is 1.27 bits per heavy atom. The summed E-state index contributed by atoms with van der Waals surface area (Å²) in [6.07, 6.45) is 21.4. The molecule has 4 atom stereocenters. The summed E-state index contributed by atoms with van der Waals surface area (Å²) in [5.41, 5.74) is 7.05. The zero-order valence-electron chi connectivity index (χ0n) is 40.7. The summed E-state index contributed by atoms with van der Waals surface area (Å²) < 4.78 is 38.1. The van der Waals surface area contributed by atoms with E-state index in [0.29, 0.717) is 65.2 Å². The fraction of sp³-hybridized carbons (Fsp3) is 0.400. The van der Waals surface area contributed by atoms with E-state index in [1.807, 2.05) is 51.9 Å². The molecule has 0 bridgehead atoms. The monoisotopic (exact) mass is 965 g/mol. The number of carbonyl (C=O) groups is 2. The van der Waals surface area contributed by atoms with Crippen LogP contribution in [0.5, 0.6) is 0 Å². The number of aryl methyl sites for hydroxylation is 4. The molecule has 0 radical (unpaired) electrons. The van der Waals surface area contributed by atoms with E-state index >= 15 is 0 Å². The lowest BCUT2D eigenvalue weighted by molar-refractivity contribution is -0.00710. The molecule has 2 aliphatic heterocycles. The van der Waals surface area contributed by atoms with Crippen molar-refractivity contribution < 1.29 is 32.6 Å². The summed E-state index contributed by atoms with van der Waals surface area (Å²) >= 11 is 0. The number of rotatable bonds is 11. The van der Waals surface area contributed by atoms with Crippen molar-refractivity contribution in [1.82, 2.24) is 58.6 Å². The van der Waals surface area contributed by atoms with Crippen molar-refractivity contribution in [3.05, 3.63) is 95.9 Å². The van der Waals surface area contributed by atoms with Crippen LogP contribution in [-0.2, 0) is 42.4 Å². The average Bonchev–Trinajstić information content (AvgIpc) is 4.26. The van der Waals surface area contributed by atoms with Crippen LogP contribution in [0.25, 0.3) is 66.8 Å². The Hall–Kier alpha value is -7.78. The first-order chi connectivity index (χ1) is 34.4. The summed E-state index contributed by atoms with van der Waals surface area (Å²) in [4.78, 5) is 55.9. The van der Waals surface area contributed by atoms with Crippen molar-refractivity contribution in [1.29, 1.82) is 0 Å². The van der Waals surface area contributed by atoms with Gasteiger partial charge in [0.1, 0.15) is 16.9 Å². The Morgan fingerprint density at radius 3 is 1.86 bits per heavy atom. The average molecular weight is 966 g/mol. The standard InChI is InChI=1S/C26H30N6O5.C24H25N7O3/c1-5-20-10-19(7-8-36-20)32(26(34)35-6-2)22-21-9-16(17-12-28-30(3)14-17)11-27-25(21)37-24(22)23(33)18-13-29-31(4)15-18;1-4-18-8-17(5-6-33-18)31-21-19-7-14(15-10-26-29(2)12-15)9-25-23(19)34-22(21)20(28-24(31)32)16-11-27-30(3)13-16/h9,11-15,19-20H,5-8,10H2,1-4H3;7,9-13,17-18H,4-6,8H2,1-3H3/t19-,20-;17-,18-/m00/s1. The van der Waals surface area contributed by atoms with Crippen LogP contribution in [0.15, 0.2) is 87.7 Å².